The summed E-state index contributed by atoms with van der Waals surface area (Å²) in [4.78, 5) is 2.25. The molecular formula is C9H22N2O. The first-order valence-electron chi connectivity index (χ1n) is 4.56. The first-order chi connectivity index (χ1) is 5.43. The van der Waals surface area contributed by atoms with Gasteiger partial charge >= 0.3 is 0 Å². The molecule has 0 aromatic carbocycles. The van der Waals surface area contributed by atoms with Crippen LogP contribution in [-0.4, -0.2) is 41.3 Å². The molecule has 0 fully saturated rings. The van der Waals surface area contributed by atoms with E-state index in [0.717, 1.165) is 13.1 Å². The Morgan fingerprint density at radius 1 is 1.50 bits per heavy atom. The summed E-state index contributed by atoms with van der Waals surface area (Å²) < 4.78 is 0. The zero-order valence-corrected chi connectivity index (χ0v) is 8.67. The molecule has 0 rings (SSSR count). The second-order valence-corrected chi connectivity index (χ2v) is 3.97. The van der Waals surface area contributed by atoms with Crippen LogP contribution >= 0.6 is 0 Å². The average Bonchev–Trinajstić information content (AvgIpc) is 2.00. The third kappa shape index (κ3) is 4.04. The van der Waals surface area contributed by atoms with Crippen LogP contribution < -0.4 is 5.73 Å². The van der Waals surface area contributed by atoms with E-state index >= 15 is 0 Å². The average molecular weight is 174 g/mol. The van der Waals surface area contributed by atoms with Crippen LogP contribution in [-0.2, 0) is 0 Å². The maximum Gasteiger partial charge on any atom is 0.0621 e. The molecule has 1 atom stereocenters. The predicted molar refractivity (Wildman–Crippen MR) is 52.1 cm³/mol. The molecule has 12 heavy (non-hydrogen) atoms. The van der Waals surface area contributed by atoms with Crippen LogP contribution in [0.25, 0.3) is 0 Å². The highest BCUT2D eigenvalue weighted by Gasteiger charge is 2.21. The van der Waals surface area contributed by atoms with Crippen molar-refractivity contribution in [3.05, 3.63) is 0 Å². The molecule has 3 nitrogen and oxygen atoms in total. The second-order valence-electron chi connectivity index (χ2n) is 3.97. The summed E-state index contributed by atoms with van der Waals surface area (Å²) in [6, 6.07) is 0.490. The van der Waals surface area contributed by atoms with Gasteiger partial charge in [-0.2, -0.15) is 0 Å². The van der Waals surface area contributed by atoms with Crippen molar-refractivity contribution >= 4 is 0 Å². The molecule has 0 aliphatic rings. The molecule has 0 aromatic heterocycles. The summed E-state index contributed by atoms with van der Waals surface area (Å²) in [5.41, 5.74) is 5.37. The summed E-state index contributed by atoms with van der Waals surface area (Å²) in [6.45, 7) is 10.0. The van der Waals surface area contributed by atoms with Crippen LogP contribution in [0.3, 0.4) is 0 Å². The van der Waals surface area contributed by atoms with Gasteiger partial charge in [-0.1, -0.05) is 6.92 Å². The zero-order chi connectivity index (χ0) is 9.78. The van der Waals surface area contributed by atoms with Crippen molar-refractivity contribution in [2.75, 3.05) is 19.7 Å². The number of nitrogens with zero attached hydrogens (tertiary/aromatic N) is 1. The van der Waals surface area contributed by atoms with Crippen LogP contribution in [0.1, 0.15) is 27.7 Å². The maximum atomic E-state index is 8.97. The lowest BCUT2D eigenvalue weighted by Gasteiger charge is -2.33. The summed E-state index contributed by atoms with van der Waals surface area (Å²) in [5, 5.41) is 8.97. The minimum atomic E-state index is -0.472. The topological polar surface area (TPSA) is 49.5 Å². The Morgan fingerprint density at radius 3 is 2.25 bits per heavy atom. The number of aliphatic hydroxyl groups is 1. The standard InChI is InChI=1S/C9H22N2O/c1-5-11(8(2)3)6-9(4,10)7-12/h8,12H,5-7,10H2,1-4H3. The van der Waals surface area contributed by atoms with E-state index in [0.29, 0.717) is 6.04 Å². The molecule has 0 aliphatic carbocycles. The van der Waals surface area contributed by atoms with Gasteiger partial charge in [0.25, 0.3) is 0 Å². The SMILES string of the molecule is CCN(CC(C)(N)CO)C(C)C. The molecule has 1 unspecified atom stereocenters. The Labute approximate surface area is 75.6 Å². The summed E-state index contributed by atoms with van der Waals surface area (Å²) in [7, 11) is 0. The van der Waals surface area contributed by atoms with E-state index in [4.69, 9.17) is 10.8 Å². The highest BCUT2D eigenvalue weighted by Crippen LogP contribution is 2.05. The molecule has 3 N–H and O–H groups in total. The van der Waals surface area contributed by atoms with Crippen molar-refractivity contribution in [2.24, 2.45) is 5.73 Å². The molecule has 0 amide bonds. The molecule has 0 bridgehead atoms. The van der Waals surface area contributed by atoms with Gasteiger partial charge in [-0.25, -0.2) is 0 Å². The summed E-state index contributed by atoms with van der Waals surface area (Å²) in [6.07, 6.45) is 0. The molecule has 3 heteroatoms. The third-order valence-electron chi connectivity index (χ3n) is 2.06. The lowest BCUT2D eigenvalue weighted by atomic mass is 10.0. The molecule has 0 heterocycles. The Balaban J connectivity index is 4.01. The smallest absolute Gasteiger partial charge is 0.0621 e. The fourth-order valence-electron chi connectivity index (χ4n) is 1.17. The molecular weight excluding hydrogens is 152 g/mol. The van der Waals surface area contributed by atoms with Crippen molar-refractivity contribution in [1.82, 2.24) is 4.90 Å². The van der Waals surface area contributed by atoms with E-state index in [9.17, 15) is 0 Å². The predicted octanol–water partition coefficient (Wildman–Crippen LogP) is 0.426. The van der Waals surface area contributed by atoms with E-state index in [2.05, 4.69) is 25.7 Å². The molecule has 0 radical (unpaired) electrons. The number of hydrogen-bond donors (Lipinski definition) is 2. The van der Waals surface area contributed by atoms with Gasteiger partial charge < -0.3 is 10.8 Å². The van der Waals surface area contributed by atoms with Crippen molar-refractivity contribution in [1.29, 1.82) is 0 Å². The van der Waals surface area contributed by atoms with Crippen molar-refractivity contribution in [3.63, 3.8) is 0 Å². The fraction of sp³-hybridized carbons (Fsp3) is 1.00. The Hall–Kier alpha value is -0.120. The summed E-state index contributed by atoms with van der Waals surface area (Å²) >= 11 is 0. The zero-order valence-electron chi connectivity index (χ0n) is 8.67. The molecule has 74 valence electrons. The van der Waals surface area contributed by atoms with Crippen LogP contribution in [0.4, 0.5) is 0 Å². The van der Waals surface area contributed by atoms with Crippen LogP contribution in [0.15, 0.2) is 0 Å². The van der Waals surface area contributed by atoms with Gasteiger partial charge in [0, 0.05) is 18.1 Å². The Bertz CT molecular complexity index is 124. The highest BCUT2D eigenvalue weighted by molar-refractivity contribution is 4.82. The van der Waals surface area contributed by atoms with E-state index in [1.807, 2.05) is 6.92 Å². The monoisotopic (exact) mass is 174 g/mol. The van der Waals surface area contributed by atoms with Gasteiger partial charge in [0.05, 0.1) is 6.61 Å². The van der Waals surface area contributed by atoms with Gasteiger partial charge in [0.15, 0.2) is 0 Å². The molecule has 0 aromatic rings. The minimum Gasteiger partial charge on any atom is -0.394 e. The number of likely N-dealkylation sites (N-methyl/N-ethyl adjacent to an activating group) is 1. The van der Waals surface area contributed by atoms with Crippen molar-refractivity contribution in [3.8, 4) is 0 Å². The van der Waals surface area contributed by atoms with Gasteiger partial charge in [-0.15, -0.1) is 0 Å². The van der Waals surface area contributed by atoms with Crippen molar-refractivity contribution < 1.29 is 5.11 Å². The Morgan fingerprint density at radius 2 is 2.00 bits per heavy atom. The first-order valence-corrected chi connectivity index (χ1v) is 4.56. The molecule has 0 saturated carbocycles. The quantitative estimate of drug-likeness (QED) is 0.635. The number of rotatable bonds is 5. The van der Waals surface area contributed by atoms with E-state index in [-0.39, 0.29) is 6.61 Å². The van der Waals surface area contributed by atoms with E-state index in [1.165, 1.54) is 0 Å². The number of nitrogens with two attached hydrogens (primary N) is 1. The van der Waals surface area contributed by atoms with E-state index in [1.54, 1.807) is 0 Å². The lowest BCUT2D eigenvalue weighted by Crippen LogP contribution is -2.52. The first kappa shape index (κ1) is 11.9. The largest absolute Gasteiger partial charge is 0.394 e. The van der Waals surface area contributed by atoms with Crippen molar-refractivity contribution in [2.45, 2.75) is 39.3 Å². The molecule has 0 spiro atoms. The number of aliphatic hydroxyl groups excluding tert-OH is 1. The van der Waals surface area contributed by atoms with Crippen LogP contribution in [0.5, 0.6) is 0 Å². The van der Waals surface area contributed by atoms with Gasteiger partial charge in [-0.3, -0.25) is 4.90 Å². The van der Waals surface area contributed by atoms with Gasteiger partial charge in [0.1, 0.15) is 0 Å². The molecule has 0 saturated heterocycles. The fourth-order valence-corrected chi connectivity index (χ4v) is 1.17. The van der Waals surface area contributed by atoms with Crippen LogP contribution in [0, 0.1) is 0 Å². The minimum absolute atomic E-state index is 0.0379. The van der Waals surface area contributed by atoms with E-state index < -0.39 is 5.54 Å². The van der Waals surface area contributed by atoms with Crippen LogP contribution in [0.2, 0.25) is 0 Å². The lowest BCUT2D eigenvalue weighted by molar-refractivity contribution is 0.132. The normalized spacial score (nSPS) is 17.0. The van der Waals surface area contributed by atoms with Gasteiger partial charge in [0.2, 0.25) is 0 Å². The molecule has 0 aliphatic heterocycles. The summed E-state index contributed by atoms with van der Waals surface area (Å²) in [5.74, 6) is 0. The second kappa shape index (κ2) is 4.80. The Kier molecular flexibility index (Phi) is 4.75. The maximum absolute atomic E-state index is 8.97. The van der Waals surface area contributed by atoms with Gasteiger partial charge in [-0.05, 0) is 27.3 Å². The highest BCUT2D eigenvalue weighted by atomic mass is 16.3. The number of hydrogen-bond acceptors (Lipinski definition) is 3. The third-order valence-corrected chi connectivity index (χ3v) is 2.06.